The Bertz CT molecular complexity index is 639. The third-order valence-corrected chi connectivity index (χ3v) is 3.90. The number of nitrogens with zero attached hydrogens (tertiary/aromatic N) is 1. The van der Waals surface area contributed by atoms with Crippen LogP contribution in [0.1, 0.15) is 30.9 Å². The molecule has 2 rings (SSSR count). The van der Waals surface area contributed by atoms with Crippen molar-refractivity contribution in [1.82, 2.24) is 10.3 Å². The molecule has 0 bridgehead atoms. The number of ether oxygens (including phenoxy) is 1. The fraction of sp³-hybridized carbons (Fsp3) is 0.333. The molecule has 1 aromatic carbocycles. The van der Waals surface area contributed by atoms with Crippen LogP contribution < -0.4 is 10.1 Å². The number of carbonyl (C=O) groups excluding carboxylic acids is 1. The molecular formula is C18H21ClN2O2. The van der Waals surface area contributed by atoms with Crippen molar-refractivity contribution in [1.29, 1.82) is 0 Å². The predicted molar refractivity (Wildman–Crippen MR) is 91.7 cm³/mol. The number of carbonyl (C=O) groups is 1. The zero-order valence-electron chi connectivity index (χ0n) is 13.5. The van der Waals surface area contributed by atoms with Crippen molar-refractivity contribution in [2.45, 2.75) is 26.3 Å². The number of pyridine rings is 1. The number of methoxy groups -OCH3 is 1. The van der Waals surface area contributed by atoms with Gasteiger partial charge in [-0.25, -0.2) is 4.98 Å². The molecule has 0 aliphatic carbocycles. The molecule has 1 heterocycles. The van der Waals surface area contributed by atoms with Gasteiger partial charge in [0.25, 0.3) is 0 Å². The normalized spacial score (nSPS) is 12.0. The Morgan fingerprint density at radius 3 is 2.43 bits per heavy atom. The van der Waals surface area contributed by atoms with Crippen molar-refractivity contribution in [2.24, 2.45) is 5.92 Å². The number of hydrogen-bond acceptors (Lipinski definition) is 3. The molecule has 1 atom stereocenters. The topological polar surface area (TPSA) is 51.2 Å². The molecule has 5 heteroatoms. The predicted octanol–water partition coefficient (Wildman–Crippen LogP) is 3.80. The number of hydrogen-bond donors (Lipinski definition) is 1. The standard InChI is InChI=1S/C18H21ClN2O2/c1-12(2)17(14-5-7-15(19)8-6-14)18(22)21-11-13-4-9-16(23-3)20-10-13/h4-10,12,17H,11H2,1-3H3,(H,21,22). The number of rotatable bonds is 6. The summed E-state index contributed by atoms with van der Waals surface area (Å²) in [5.41, 5.74) is 1.90. The monoisotopic (exact) mass is 332 g/mol. The zero-order chi connectivity index (χ0) is 16.8. The molecule has 0 spiro atoms. The first-order chi connectivity index (χ1) is 11.0. The van der Waals surface area contributed by atoms with Gasteiger partial charge in [-0.3, -0.25) is 4.79 Å². The molecule has 1 unspecified atom stereocenters. The Kier molecular flexibility index (Phi) is 5.99. The molecule has 1 aromatic heterocycles. The van der Waals surface area contributed by atoms with Crippen molar-refractivity contribution >= 4 is 17.5 Å². The molecule has 4 nitrogen and oxygen atoms in total. The van der Waals surface area contributed by atoms with E-state index in [1.807, 2.05) is 44.2 Å². The maximum atomic E-state index is 12.6. The van der Waals surface area contributed by atoms with E-state index in [1.54, 1.807) is 19.4 Å². The minimum absolute atomic E-state index is 0.00172. The van der Waals surface area contributed by atoms with Gasteiger partial charge in [-0.15, -0.1) is 0 Å². The van der Waals surface area contributed by atoms with Gasteiger partial charge < -0.3 is 10.1 Å². The molecule has 122 valence electrons. The zero-order valence-corrected chi connectivity index (χ0v) is 14.3. The van der Waals surface area contributed by atoms with Crippen LogP contribution in [0.25, 0.3) is 0 Å². The average molecular weight is 333 g/mol. The van der Waals surface area contributed by atoms with Crippen LogP contribution in [0, 0.1) is 5.92 Å². The van der Waals surface area contributed by atoms with Crippen molar-refractivity contribution in [2.75, 3.05) is 7.11 Å². The lowest BCUT2D eigenvalue weighted by atomic mass is 9.87. The van der Waals surface area contributed by atoms with E-state index in [0.717, 1.165) is 11.1 Å². The molecule has 0 saturated carbocycles. The van der Waals surface area contributed by atoms with Crippen LogP contribution in [0.3, 0.4) is 0 Å². The second-order valence-corrected chi connectivity index (χ2v) is 6.14. The highest BCUT2D eigenvalue weighted by Gasteiger charge is 2.23. The van der Waals surface area contributed by atoms with Crippen molar-refractivity contribution in [3.8, 4) is 5.88 Å². The summed E-state index contributed by atoms with van der Waals surface area (Å²) in [4.78, 5) is 16.7. The number of amides is 1. The Morgan fingerprint density at radius 1 is 1.22 bits per heavy atom. The van der Waals surface area contributed by atoms with E-state index < -0.39 is 0 Å². The fourth-order valence-electron chi connectivity index (χ4n) is 2.44. The molecule has 2 aromatic rings. The molecule has 0 saturated heterocycles. The Labute approximate surface area is 141 Å². The molecule has 1 amide bonds. The second kappa shape index (κ2) is 7.97. The van der Waals surface area contributed by atoms with Gasteiger partial charge in [0.1, 0.15) is 0 Å². The van der Waals surface area contributed by atoms with E-state index in [0.29, 0.717) is 17.4 Å². The lowest BCUT2D eigenvalue weighted by Crippen LogP contribution is -2.31. The van der Waals surface area contributed by atoms with Gasteiger partial charge in [-0.05, 0) is 29.2 Å². The summed E-state index contributed by atoms with van der Waals surface area (Å²) < 4.78 is 5.02. The summed E-state index contributed by atoms with van der Waals surface area (Å²) in [6.45, 7) is 4.51. The Hall–Kier alpha value is -2.07. The van der Waals surface area contributed by atoms with Crippen LogP contribution in [-0.2, 0) is 11.3 Å². The first kappa shape index (κ1) is 17.3. The summed E-state index contributed by atoms with van der Waals surface area (Å²) in [5, 5.41) is 3.65. The second-order valence-electron chi connectivity index (χ2n) is 5.70. The number of halogens is 1. The van der Waals surface area contributed by atoms with E-state index in [2.05, 4.69) is 10.3 Å². The van der Waals surface area contributed by atoms with Crippen molar-refractivity contribution < 1.29 is 9.53 Å². The summed E-state index contributed by atoms with van der Waals surface area (Å²) >= 11 is 5.92. The maximum Gasteiger partial charge on any atom is 0.228 e. The van der Waals surface area contributed by atoms with Crippen molar-refractivity contribution in [3.63, 3.8) is 0 Å². The quantitative estimate of drug-likeness (QED) is 0.875. The maximum absolute atomic E-state index is 12.6. The van der Waals surface area contributed by atoms with Gasteiger partial charge in [-0.1, -0.05) is 43.6 Å². The third-order valence-electron chi connectivity index (χ3n) is 3.65. The van der Waals surface area contributed by atoms with Crippen LogP contribution in [0.5, 0.6) is 5.88 Å². The first-order valence-corrected chi connectivity index (χ1v) is 7.91. The Balaban J connectivity index is 2.04. The number of benzene rings is 1. The molecule has 0 aliphatic heterocycles. The van der Waals surface area contributed by atoms with E-state index in [9.17, 15) is 4.79 Å². The van der Waals surface area contributed by atoms with E-state index in [1.165, 1.54) is 0 Å². The van der Waals surface area contributed by atoms with Gasteiger partial charge in [0.05, 0.1) is 13.0 Å². The smallest absolute Gasteiger partial charge is 0.228 e. The van der Waals surface area contributed by atoms with Gasteiger partial charge in [0.2, 0.25) is 11.8 Å². The summed E-state index contributed by atoms with van der Waals surface area (Å²) in [5.74, 6) is 0.531. The van der Waals surface area contributed by atoms with Gasteiger partial charge >= 0.3 is 0 Å². The van der Waals surface area contributed by atoms with E-state index in [4.69, 9.17) is 16.3 Å². The van der Waals surface area contributed by atoms with Crippen LogP contribution >= 0.6 is 11.6 Å². The summed E-state index contributed by atoms with van der Waals surface area (Å²) in [6.07, 6.45) is 1.70. The molecule has 23 heavy (non-hydrogen) atoms. The summed E-state index contributed by atoms with van der Waals surface area (Å²) in [7, 11) is 1.57. The number of nitrogens with one attached hydrogen (secondary N) is 1. The fourth-order valence-corrected chi connectivity index (χ4v) is 2.57. The van der Waals surface area contributed by atoms with Gasteiger partial charge in [0.15, 0.2) is 0 Å². The van der Waals surface area contributed by atoms with Crippen molar-refractivity contribution in [3.05, 3.63) is 58.7 Å². The van der Waals surface area contributed by atoms with Gasteiger partial charge in [-0.2, -0.15) is 0 Å². The minimum atomic E-state index is -0.210. The van der Waals surface area contributed by atoms with Crippen LogP contribution in [-0.4, -0.2) is 18.0 Å². The highest BCUT2D eigenvalue weighted by atomic mass is 35.5. The minimum Gasteiger partial charge on any atom is -0.481 e. The van der Waals surface area contributed by atoms with Crippen LogP contribution in [0.15, 0.2) is 42.6 Å². The molecule has 0 fully saturated rings. The molecule has 1 N–H and O–H groups in total. The third kappa shape index (κ3) is 4.70. The van der Waals surface area contributed by atoms with E-state index >= 15 is 0 Å². The lowest BCUT2D eigenvalue weighted by Gasteiger charge is -2.21. The average Bonchev–Trinajstić information content (AvgIpc) is 2.55. The summed E-state index contributed by atoms with van der Waals surface area (Å²) in [6, 6.07) is 11.1. The highest BCUT2D eigenvalue weighted by molar-refractivity contribution is 6.30. The molecule has 0 aliphatic rings. The Morgan fingerprint density at radius 2 is 1.91 bits per heavy atom. The molecule has 0 radical (unpaired) electrons. The van der Waals surface area contributed by atoms with E-state index in [-0.39, 0.29) is 17.7 Å². The van der Waals surface area contributed by atoms with Crippen LogP contribution in [0.4, 0.5) is 0 Å². The molecular weight excluding hydrogens is 312 g/mol. The van der Waals surface area contributed by atoms with Gasteiger partial charge in [0, 0.05) is 23.8 Å². The lowest BCUT2D eigenvalue weighted by molar-refractivity contribution is -0.123. The van der Waals surface area contributed by atoms with Crippen LogP contribution in [0.2, 0.25) is 5.02 Å². The first-order valence-electron chi connectivity index (χ1n) is 7.53. The highest BCUT2D eigenvalue weighted by Crippen LogP contribution is 2.26. The largest absolute Gasteiger partial charge is 0.481 e. The SMILES string of the molecule is COc1ccc(CNC(=O)C(c2ccc(Cl)cc2)C(C)C)cn1. The number of aromatic nitrogens is 1.